The summed E-state index contributed by atoms with van der Waals surface area (Å²) in [5.41, 5.74) is 5.79. The van der Waals surface area contributed by atoms with Gasteiger partial charge in [0, 0.05) is 18.0 Å². The third-order valence-electron chi connectivity index (χ3n) is 5.60. The second-order valence-corrected chi connectivity index (χ2v) is 10.4. The number of rotatable bonds is 11. The first-order valence-corrected chi connectivity index (χ1v) is 13.0. The maximum absolute atomic E-state index is 14.3. The van der Waals surface area contributed by atoms with Crippen LogP contribution in [0.25, 0.3) is 0 Å². The second kappa shape index (κ2) is 12.3. The van der Waals surface area contributed by atoms with Crippen LogP contribution in [0.4, 0.5) is 4.39 Å². The molecule has 0 aliphatic heterocycles. The Morgan fingerprint density at radius 1 is 1.14 bits per heavy atom. The number of halogens is 2. The van der Waals surface area contributed by atoms with E-state index in [0.29, 0.717) is 17.0 Å². The van der Waals surface area contributed by atoms with E-state index in [4.69, 9.17) is 11.6 Å². The molecule has 0 bridgehead atoms. The van der Waals surface area contributed by atoms with Crippen molar-refractivity contribution in [2.75, 3.05) is 6.54 Å². The minimum absolute atomic E-state index is 0.00652. The molecule has 1 aliphatic carbocycles. The Kier molecular flexibility index (Phi) is 9.39. The van der Waals surface area contributed by atoms with E-state index in [1.165, 1.54) is 5.57 Å². The number of hydrogen-bond donors (Lipinski definition) is 4. The van der Waals surface area contributed by atoms with Gasteiger partial charge in [0.25, 0.3) is 5.91 Å². The van der Waals surface area contributed by atoms with E-state index in [1.54, 1.807) is 24.3 Å². The van der Waals surface area contributed by atoms with E-state index >= 15 is 0 Å². The average Bonchev–Trinajstić information content (AvgIpc) is 2.82. The molecule has 1 atom stereocenters. The zero-order valence-electron chi connectivity index (χ0n) is 18.9. The maximum Gasteiger partial charge on any atom is 0.322 e. The number of carbonyl (C=O) groups is 2. The van der Waals surface area contributed by atoms with Gasteiger partial charge in [-0.1, -0.05) is 35.4 Å². The van der Waals surface area contributed by atoms with Crippen LogP contribution in [0.15, 0.2) is 59.0 Å². The third kappa shape index (κ3) is 7.86. The number of carbonyl (C=O) groups excluding carboxylic acids is 1. The fraction of sp³-hybridized carbons (Fsp3) is 0.333. The second-order valence-electron chi connectivity index (χ2n) is 8.22. The number of nitrogens with one attached hydrogen (secondary N) is 3. The van der Waals surface area contributed by atoms with Gasteiger partial charge in [-0.15, -0.1) is 0 Å². The number of sulfonamides is 1. The highest BCUT2D eigenvalue weighted by molar-refractivity contribution is 7.89. The van der Waals surface area contributed by atoms with Crippen LogP contribution in [0.1, 0.15) is 48.0 Å². The number of hydrogen-bond acceptors (Lipinski definition) is 5. The molecule has 2 aromatic rings. The number of amides is 1. The first kappa shape index (κ1) is 26.8. The Labute approximate surface area is 208 Å². The van der Waals surface area contributed by atoms with Gasteiger partial charge in [0.1, 0.15) is 11.9 Å². The van der Waals surface area contributed by atoms with Gasteiger partial charge in [-0.3, -0.25) is 15.0 Å². The quantitative estimate of drug-likeness (QED) is 0.263. The van der Waals surface area contributed by atoms with Gasteiger partial charge < -0.3 is 5.11 Å². The maximum atomic E-state index is 14.3. The predicted octanol–water partition coefficient (Wildman–Crippen LogP) is 3.58. The summed E-state index contributed by atoms with van der Waals surface area (Å²) in [5, 5.41) is 9.89. The van der Waals surface area contributed by atoms with Crippen molar-refractivity contribution in [3.63, 3.8) is 0 Å². The molecule has 188 valence electrons. The molecule has 8 nitrogen and oxygen atoms in total. The molecule has 0 unspecified atom stereocenters. The molecule has 2 aromatic carbocycles. The monoisotopic (exact) mass is 523 g/mol. The number of aliphatic carboxylic acids is 1. The van der Waals surface area contributed by atoms with Crippen molar-refractivity contribution in [3.05, 3.63) is 76.1 Å². The molecule has 1 aliphatic rings. The number of allylic oxidation sites excluding steroid dienone is 1. The van der Waals surface area contributed by atoms with Crippen LogP contribution < -0.4 is 15.6 Å². The van der Waals surface area contributed by atoms with Crippen molar-refractivity contribution in [1.29, 1.82) is 0 Å². The molecule has 1 amide bonds. The van der Waals surface area contributed by atoms with Gasteiger partial charge in [-0.25, -0.2) is 23.0 Å². The summed E-state index contributed by atoms with van der Waals surface area (Å²) in [6.07, 6.45) is 6.87. The smallest absolute Gasteiger partial charge is 0.322 e. The summed E-state index contributed by atoms with van der Waals surface area (Å²) in [6, 6.07) is 8.21. The van der Waals surface area contributed by atoms with Crippen LogP contribution in [0.2, 0.25) is 5.02 Å². The molecule has 35 heavy (non-hydrogen) atoms. The first-order chi connectivity index (χ1) is 16.7. The highest BCUT2D eigenvalue weighted by Gasteiger charge is 2.22. The van der Waals surface area contributed by atoms with Gasteiger partial charge in [0.2, 0.25) is 10.0 Å². The van der Waals surface area contributed by atoms with Crippen LogP contribution in [-0.4, -0.2) is 38.0 Å². The molecule has 0 heterocycles. The fourth-order valence-corrected chi connectivity index (χ4v) is 5.00. The molecular weight excluding hydrogens is 497 g/mol. The van der Waals surface area contributed by atoms with Crippen LogP contribution >= 0.6 is 11.6 Å². The Hall–Kier alpha value is -2.79. The zero-order chi connectivity index (χ0) is 25.4. The molecule has 0 saturated carbocycles. The average molecular weight is 524 g/mol. The van der Waals surface area contributed by atoms with Crippen molar-refractivity contribution in [2.24, 2.45) is 0 Å². The summed E-state index contributed by atoms with van der Waals surface area (Å²) in [6.45, 7) is 0.193. The van der Waals surface area contributed by atoms with E-state index in [2.05, 4.69) is 21.6 Å². The standard InChI is InChI=1S/C24H27ClFN3O5S/c25-18-8-4-7-17(13-18)14-22(24(31)32)28-29-23(30)20-15-19(9-10-21(20)26)35(33,34)27-12-11-16-5-2-1-3-6-16/h4-5,7-10,13,15,22,27-28H,1-3,6,11-12,14H2,(H,29,30)(H,31,32)/t22-/m0/s1. The number of carboxylic acids is 1. The summed E-state index contributed by atoms with van der Waals surface area (Å²) >= 11 is 5.92. The Balaban J connectivity index is 1.64. The van der Waals surface area contributed by atoms with E-state index in [-0.39, 0.29) is 17.9 Å². The van der Waals surface area contributed by atoms with Gasteiger partial charge >= 0.3 is 5.97 Å². The minimum atomic E-state index is -3.97. The normalized spacial score (nSPS) is 14.7. The van der Waals surface area contributed by atoms with Gasteiger partial charge in [0.05, 0.1) is 10.5 Å². The molecule has 0 saturated heterocycles. The summed E-state index contributed by atoms with van der Waals surface area (Å²) < 4.78 is 42.1. The Bertz CT molecular complexity index is 1220. The summed E-state index contributed by atoms with van der Waals surface area (Å²) in [4.78, 5) is 23.9. The van der Waals surface area contributed by atoms with Gasteiger partial charge in [-0.05, 0) is 68.0 Å². The molecular formula is C24H27ClFN3O5S. The van der Waals surface area contributed by atoms with E-state index in [1.807, 2.05) is 0 Å². The van der Waals surface area contributed by atoms with Crippen LogP contribution in [0.5, 0.6) is 0 Å². The van der Waals surface area contributed by atoms with E-state index in [9.17, 15) is 27.5 Å². The molecule has 0 aromatic heterocycles. The number of benzene rings is 2. The molecule has 0 fully saturated rings. The van der Waals surface area contributed by atoms with Crippen molar-refractivity contribution in [1.82, 2.24) is 15.6 Å². The van der Waals surface area contributed by atoms with Crippen molar-refractivity contribution in [2.45, 2.75) is 49.5 Å². The molecule has 4 N–H and O–H groups in total. The topological polar surface area (TPSA) is 125 Å². The predicted molar refractivity (Wildman–Crippen MR) is 130 cm³/mol. The van der Waals surface area contributed by atoms with Crippen molar-refractivity contribution >= 4 is 33.5 Å². The zero-order valence-corrected chi connectivity index (χ0v) is 20.5. The number of hydrazine groups is 1. The Morgan fingerprint density at radius 3 is 2.63 bits per heavy atom. The van der Waals surface area contributed by atoms with Crippen LogP contribution in [0.3, 0.4) is 0 Å². The van der Waals surface area contributed by atoms with Gasteiger partial charge in [-0.2, -0.15) is 0 Å². The molecule has 0 radical (unpaired) electrons. The van der Waals surface area contributed by atoms with E-state index < -0.39 is 39.3 Å². The minimum Gasteiger partial charge on any atom is -0.480 e. The van der Waals surface area contributed by atoms with Gasteiger partial charge in [0.15, 0.2) is 0 Å². The van der Waals surface area contributed by atoms with Crippen LogP contribution in [0, 0.1) is 5.82 Å². The molecule has 11 heteroatoms. The first-order valence-electron chi connectivity index (χ1n) is 11.2. The fourth-order valence-electron chi connectivity index (χ4n) is 3.73. The highest BCUT2D eigenvalue weighted by atomic mass is 35.5. The lowest BCUT2D eigenvalue weighted by molar-refractivity contribution is -0.139. The Morgan fingerprint density at radius 2 is 1.94 bits per heavy atom. The van der Waals surface area contributed by atoms with Crippen LogP contribution in [-0.2, 0) is 21.2 Å². The lowest BCUT2D eigenvalue weighted by Gasteiger charge is -2.16. The third-order valence-corrected chi connectivity index (χ3v) is 7.30. The molecule has 0 spiro atoms. The summed E-state index contributed by atoms with van der Waals surface area (Å²) in [7, 11) is -3.97. The van der Waals surface area contributed by atoms with Crippen molar-refractivity contribution in [3.8, 4) is 0 Å². The summed E-state index contributed by atoms with van der Waals surface area (Å²) in [5.74, 6) is -3.21. The largest absolute Gasteiger partial charge is 0.480 e. The van der Waals surface area contributed by atoms with Crippen molar-refractivity contribution < 1.29 is 27.5 Å². The lowest BCUT2D eigenvalue weighted by atomic mass is 9.97. The number of carboxylic acid groups (broad SMARTS) is 1. The molecule has 3 rings (SSSR count). The highest BCUT2D eigenvalue weighted by Crippen LogP contribution is 2.20. The SMILES string of the molecule is O=C(NN[C@@H](Cc1cccc(Cl)c1)C(=O)O)c1cc(S(=O)(=O)NCCC2=CCCCC2)ccc1F. The lowest BCUT2D eigenvalue weighted by Crippen LogP contribution is -2.49. The van der Waals surface area contributed by atoms with E-state index in [0.717, 1.165) is 43.9 Å².